The number of amides is 1. The number of ether oxygens (including phenoxy) is 2. The first kappa shape index (κ1) is 20.1. The van der Waals surface area contributed by atoms with Gasteiger partial charge in [-0.1, -0.05) is 42.5 Å². The molecule has 0 aliphatic rings. The van der Waals surface area contributed by atoms with Crippen LogP contribution in [0.25, 0.3) is 6.08 Å². The van der Waals surface area contributed by atoms with Crippen LogP contribution >= 0.6 is 0 Å². The Labute approximate surface area is 155 Å². The summed E-state index contributed by atoms with van der Waals surface area (Å²) < 4.78 is 33.2. The predicted molar refractivity (Wildman–Crippen MR) is 96.1 cm³/mol. The summed E-state index contributed by atoms with van der Waals surface area (Å²) in [5, 5.41) is 2.73. The summed E-state index contributed by atoms with van der Waals surface area (Å²) in [4.78, 5) is 23.5. The van der Waals surface area contributed by atoms with Gasteiger partial charge >= 0.3 is 12.6 Å². The van der Waals surface area contributed by atoms with Crippen LogP contribution in [0.1, 0.15) is 24.1 Å². The molecule has 0 aliphatic carbocycles. The van der Waals surface area contributed by atoms with E-state index in [4.69, 9.17) is 4.74 Å². The Morgan fingerprint density at radius 1 is 1.07 bits per heavy atom. The van der Waals surface area contributed by atoms with Crippen LogP contribution in [0.5, 0.6) is 5.75 Å². The molecular weight excluding hydrogens is 356 g/mol. The molecule has 0 unspecified atom stereocenters. The van der Waals surface area contributed by atoms with E-state index in [0.717, 1.165) is 11.6 Å². The van der Waals surface area contributed by atoms with Crippen LogP contribution in [0.4, 0.5) is 8.78 Å². The highest BCUT2D eigenvalue weighted by atomic mass is 19.3. The van der Waals surface area contributed by atoms with E-state index >= 15 is 0 Å². The topological polar surface area (TPSA) is 64.6 Å². The van der Waals surface area contributed by atoms with E-state index in [1.54, 1.807) is 0 Å². The first-order valence-electron chi connectivity index (χ1n) is 8.18. The minimum Gasteiger partial charge on any atom is -0.452 e. The predicted octanol–water partition coefficient (Wildman–Crippen LogP) is 3.72. The molecule has 1 amide bonds. The molecule has 2 aromatic rings. The molecule has 0 saturated carbocycles. The minimum atomic E-state index is -2.89. The Kier molecular flexibility index (Phi) is 7.49. The monoisotopic (exact) mass is 375 g/mol. The summed E-state index contributed by atoms with van der Waals surface area (Å²) in [6, 6.07) is 14.9. The molecule has 0 bridgehead atoms. The van der Waals surface area contributed by atoms with Gasteiger partial charge in [0.15, 0.2) is 6.61 Å². The van der Waals surface area contributed by atoms with Crippen molar-refractivity contribution in [2.75, 3.05) is 6.61 Å². The summed E-state index contributed by atoms with van der Waals surface area (Å²) in [5.41, 5.74) is 1.53. The lowest BCUT2D eigenvalue weighted by molar-refractivity contribution is -0.144. The van der Waals surface area contributed by atoms with E-state index in [-0.39, 0.29) is 11.8 Å². The molecule has 142 valence electrons. The minimum absolute atomic E-state index is 0.0222. The Hall–Kier alpha value is -3.22. The number of rotatable bonds is 8. The molecule has 0 heterocycles. The highest BCUT2D eigenvalue weighted by Crippen LogP contribution is 2.15. The number of hydrogen-bond donors (Lipinski definition) is 1. The zero-order valence-electron chi connectivity index (χ0n) is 14.6. The van der Waals surface area contributed by atoms with Gasteiger partial charge in [0.2, 0.25) is 0 Å². The molecule has 0 spiro atoms. The lowest BCUT2D eigenvalue weighted by atomic mass is 10.1. The molecule has 27 heavy (non-hydrogen) atoms. The molecule has 2 rings (SSSR count). The normalized spacial score (nSPS) is 12.0. The Morgan fingerprint density at radius 3 is 2.37 bits per heavy atom. The number of nitrogens with one attached hydrogen (secondary N) is 1. The van der Waals surface area contributed by atoms with Gasteiger partial charge in [-0.15, -0.1) is 0 Å². The first-order chi connectivity index (χ1) is 12.9. The molecule has 2 aromatic carbocycles. The zero-order valence-corrected chi connectivity index (χ0v) is 14.6. The quantitative estimate of drug-likeness (QED) is 0.564. The summed E-state index contributed by atoms with van der Waals surface area (Å²) in [6.45, 7) is -1.46. The van der Waals surface area contributed by atoms with Crippen LogP contribution in [0.3, 0.4) is 0 Å². The second-order valence-electron chi connectivity index (χ2n) is 5.59. The summed E-state index contributed by atoms with van der Waals surface area (Å²) >= 11 is 0. The Bertz CT molecular complexity index is 776. The molecule has 0 radical (unpaired) electrons. The lowest BCUT2D eigenvalue weighted by Crippen LogP contribution is -2.30. The summed E-state index contributed by atoms with van der Waals surface area (Å²) in [7, 11) is 0. The van der Waals surface area contributed by atoms with Gasteiger partial charge in [0, 0.05) is 6.08 Å². The van der Waals surface area contributed by atoms with Crippen LogP contribution in [0, 0.1) is 0 Å². The van der Waals surface area contributed by atoms with Gasteiger partial charge in [0.1, 0.15) is 5.75 Å². The van der Waals surface area contributed by atoms with Crippen molar-refractivity contribution in [1.82, 2.24) is 5.32 Å². The van der Waals surface area contributed by atoms with Gasteiger partial charge < -0.3 is 14.8 Å². The van der Waals surface area contributed by atoms with Gasteiger partial charge in [-0.05, 0) is 36.3 Å². The van der Waals surface area contributed by atoms with Gasteiger partial charge in [-0.3, -0.25) is 4.79 Å². The number of esters is 1. The number of carbonyl (C=O) groups is 2. The highest BCUT2D eigenvalue weighted by molar-refractivity contribution is 5.89. The fourth-order valence-corrected chi connectivity index (χ4v) is 2.22. The van der Waals surface area contributed by atoms with Crippen LogP contribution < -0.4 is 10.1 Å². The summed E-state index contributed by atoms with van der Waals surface area (Å²) in [5.74, 6) is -1.08. The third-order valence-corrected chi connectivity index (χ3v) is 3.54. The maximum absolute atomic E-state index is 12.1. The van der Waals surface area contributed by atoms with Gasteiger partial charge in [0.05, 0.1) is 6.04 Å². The van der Waals surface area contributed by atoms with Crippen molar-refractivity contribution in [3.63, 3.8) is 0 Å². The first-order valence-corrected chi connectivity index (χ1v) is 8.18. The third-order valence-electron chi connectivity index (χ3n) is 3.54. The highest BCUT2D eigenvalue weighted by Gasteiger charge is 2.10. The lowest BCUT2D eigenvalue weighted by Gasteiger charge is -2.13. The van der Waals surface area contributed by atoms with Crippen LogP contribution in [0.15, 0.2) is 60.7 Å². The largest absolute Gasteiger partial charge is 0.452 e. The molecule has 1 atom stereocenters. The number of halogens is 2. The molecule has 1 N–H and O–H groups in total. The van der Waals surface area contributed by atoms with Crippen molar-refractivity contribution < 1.29 is 27.8 Å². The molecule has 7 heteroatoms. The van der Waals surface area contributed by atoms with Gasteiger partial charge in [-0.2, -0.15) is 8.78 Å². The fourth-order valence-electron chi connectivity index (χ4n) is 2.22. The maximum Gasteiger partial charge on any atom is 0.387 e. The second kappa shape index (κ2) is 10.1. The van der Waals surface area contributed by atoms with Crippen LogP contribution in [0.2, 0.25) is 0 Å². The van der Waals surface area contributed by atoms with Crippen molar-refractivity contribution in [2.45, 2.75) is 19.6 Å². The summed E-state index contributed by atoms with van der Waals surface area (Å²) in [6.07, 6.45) is 2.59. The smallest absolute Gasteiger partial charge is 0.387 e. The van der Waals surface area contributed by atoms with Gasteiger partial charge in [-0.25, -0.2) is 4.79 Å². The van der Waals surface area contributed by atoms with E-state index in [0.29, 0.717) is 5.56 Å². The average molecular weight is 375 g/mol. The van der Waals surface area contributed by atoms with Crippen molar-refractivity contribution in [3.05, 3.63) is 71.8 Å². The molecule has 0 saturated heterocycles. The van der Waals surface area contributed by atoms with Crippen LogP contribution in [-0.4, -0.2) is 25.1 Å². The van der Waals surface area contributed by atoms with Crippen molar-refractivity contribution >= 4 is 18.0 Å². The van der Waals surface area contributed by atoms with E-state index in [1.165, 1.54) is 30.3 Å². The zero-order chi connectivity index (χ0) is 19.6. The third kappa shape index (κ3) is 7.27. The van der Waals surface area contributed by atoms with Crippen molar-refractivity contribution in [1.29, 1.82) is 0 Å². The van der Waals surface area contributed by atoms with E-state index in [1.807, 2.05) is 37.3 Å². The van der Waals surface area contributed by atoms with E-state index < -0.39 is 25.1 Å². The van der Waals surface area contributed by atoms with E-state index in [2.05, 4.69) is 10.1 Å². The SMILES string of the molecule is C[C@@H](NC(=O)COC(=O)/C=C/c1ccc(OC(F)F)cc1)c1ccccc1. The van der Waals surface area contributed by atoms with Crippen molar-refractivity contribution in [3.8, 4) is 5.75 Å². The maximum atomic E-state index is 12.1. The molecule has 5 nitrogen and oxygen atoms in total. The average Bonchev–Trinajstić information content (AvgIpc) is 2.66. The molecule has 0 fully saturated rings. The standard InChI is InChI=1S/C20H19F2NO4/c1-14(16-5-3-2-4-6-16)23-18(24)13-26-19(25)12-9-15-7-10-17(11-8-15)27-20(21)22/h2-12,14,20H,13H2,1H3,(H,23,24)/b12-9+/t14-/m1/s1. The number of hydrogen-bond acceptors (Lipinski definition) is 4. The molecular formula is C20H19F2NO4. The van der Waals surface area contributed by atoms with Crippen molar-refractivity contribution in [2.24, 2.45) is 0 Å². The van der Waals surface area contributed by atoms with Crippen LogP contribution in [-0.2, 0) is 14.3 Å². The Balaban J connectivity index is 1.76. The molecule has 0 aliphatic heterocycles. The number of alkyl halides is 2. The molecule has 0 aromatic heterocycles. The fraction of sp³-hybridized carbons (Fsp3) is 0.200. The number of carbonyl (C=O) groups excluding carboxylic acids is 2. The second-order valence-corrected chi connectivity index (χ2v) is 5.59. The Morgan fingerprint density at radius 2 is 1.74 bits per heavy atom. The van der Waals surface area contributed by atoms with Gasteiger partial charge in [0.25, 0.3) is 5.91 Å². The van der Waals surface area contributed by atoms with E-state index in [9.17, 15) is 18.4 Å². The number of benzene rings is 2.